The number of fused-ring (bicyclic) bond motifs is 1. The molecule has 1 aromatic heterocycles. The molecule has 0 saturated carbocycles. The number of hydrogen-bond acceptors (Lipinski definition) is 4. The molecule has 5 heteroatoms. The van der Waals surface area contributed by atoms with E-state index in [0.717, 1.165) is 55.9 Å². The largest absolute Gasteiger partial charge is 0.395 e. The number of β-amino-alcohol motifs (C(OH)–C–C–N with tert-alkyl or cyclic N) is 1. The number of pyridine rings is 1. The molecule has 3 aromatic rings. The van der Waals surface area contributed by atoms with Gasteiger partial charge in [0, 0.05) is 56.3 Å². The second kappa shape index (κ2) is 8.35. The minimum absolute atomic E-state index is 0.211. The van der Waals surface area contributed by atoms with Gasteiger partial charge in [0.2, 0.25) is 0 Å². The Balaban J connectivity index is 1.66. The number of aliphatic hydroxyl groups excluding tert-OH is 1. The van der Waals surface area contributed by atoms with Crippen molar-refractivity contribution in [3.05, 3.63) is 65.5 Å². The summed E-state index contributed by atoms with van der Waals surface area (Å²) in [5.74, 6) is -0.261. The van der Waals surface area contributed by atoms with E-state index in [1.54, 1.807) is 6.07 Å². The van der Waals surface area contributed by atoms with Gasteiger partial charge in [-0.25, -0.2) is 9.37 Å². The van der Waals surface area contributed by atoms with Crippen LogP contribution in [0.4, 0.5) is 4.39 Å². The molecular weight excluding hydrogens is 353 g/mol. The first-order chi connectivity index (χ1) is 13.6. The topological polar surface area (TPSA) is 39.6 Å². The summed E-state index contributed by atoms with van der Waals surface area (Å²) in [5.41, 5.74) is 5.05. The van der Waals surface area contributed by atoms with Gasteiger partial charge in [-0.05, 0) is 30.7 Å². The fourth-order valence-corrected chi connectivity index (χ4v) is 3.82. The van der Waals surface area contributed by atoms with E-state index in [-0.39, 0.29) is 12.4 Å². The number of nitrogens with zero attached hydrogens (tertiary/aromatic N) is 3. The van der Waals surface area contributed by atoms with E-state index in [2.05, 4.69) is 47.1 Å². The van der Waals surface area contributed by atoms with Crippen LogP contribution in [-0.4, -0.2) is 59.2 Å². The number of aryl methyl sites for hydroxylation is 1. The van der Waals surface area contributed by atoms with Crippen LogP contribution in [0.3, 0.4) is 0 Å². The van der Waals surface area contributed by atoms with E-state index in [1.807, 2.05) is 0 Å². The minimum atomic E-state index is -0.261. The molecular formula is C23H26FN3O. The van der Waals surface area contributed by atoms with Gasteiger partial charge in [-0.15, -0.1) is 0 Å². The van der Waals surface area contributed by atoms with Gasteiger partial charge in [0.1, 0.15) is 5.82 Å². The van der Waals surface area contributed by atoms with Gasteiger partial charge in [-0.2, -0.15) is 0 Å². The molecule has 1 N–H and O–H groups in total. The third-order valence-electron chi connectivity index (χ3n) is 5.46. The number of piperazine rings is 1. The van der Waals surface area contributed by atoms with Crippen molar-refractivity contribution in [2.24, 2.45) is 0 Å². The summed E-state index contributed by atoms with van der Waals surface area (Å²) < 4.78 is 13.7. The van der Waals surface area contributed by atoms with Crippen LogP contribution in [0.2, 0.25) is 0 Å². The highest BCUT2D eigenvalue weighted by atomic mass is 19.1. The smallest absolute Gasteiger partial charge is 0.125 e. The van der Waals surface area contributed by atoms with Crippen molar-refractivity contribution in [2.45, 2.75) is 13.5 Å². The van der Waals surface area contributed by atoms with Gasteiger partial charge in [0.15, 0.2) is 0 Å². The Morgan fingerprint density at radius 3 is 2.39 bits per heavy atom. The molecule has 0 radical (unpaired) electrons. The van der Waals surface area contributed by atoms with E-state index in [9.17, 15) is 4.39 Å². The van der Waals surface area contributed by atoms with Crippen LogP contribution < -0.4 is 0 Å². The normalized spacial score (nSPS) is 16.0. The predicted octanol–water partition coefficient (Wildman–Crippen LogP) is 3.46. The van der Waals surface area contributed by atoms with Crippen LogP contribution in [0, 0.1) is 12.7 Å². The Labute approximate surface area is 165 Å². The van der Waals surface area contributed by atoms with Crippen molar-refractivity contribution in [1.29, 1.82) is 0 Å². The molecule has 4 rings (SSSR count). The first-order valence-corrected chi connectivity index (χ1v) is 9.84. The highest BCUT2D eigenvalue weighted by Gasteiger charge is 2.19. The van der Waals surface area contributed by atoms with Crippen molar-refractivity contribution >= 4 is 10.9 Å². The van der Waals surface area contributed by atoms with Crippen molar-refractivity contribution in [2.75, 3.05) is 39.3 Å². The Kier molecular flexibility index (Phi) is 5.67. The predicted molar refractivity (Wildman–Crippen MR) is 111 cm³/mol. The van der Waals surface area contributed by atoms with Gasteiger partial charge in [-0.3, -0.25) is 9.80 Å². The standard InChI is InChI=1S/C23H26FN3O/c1-17-2-4-18(5-3-17)23-20(14-19-6-7-21(24)15-22(19)25-23)16-27-10-8-26(9-11-27)12-13-28/h2-7,14-15,28H,8-13,16H2,1H3. The van der Waals surface area contributed by atoms with Crippen molar-refractivity contribution < 1.29 is 9.50 Å². The molecule has 146 valence electrons. The molecule has 28 heavy (non-hydrogen) atoms. The molecule has 0 aliphatic carbocycles. The molecule has 0 unspecified atom stereocenters. The Morgan fingerprint density at radius 1 is 0.964 bits per heavy atom. The summed E-state index contributed by atoms with van der Waals surface area (Å²) in [6, 6.07) is 15.3. The lowest BCUT2D eigenvalue weighted by molar-refractivity contribution is 0.108. The number of aliphatic hydroxyl groups is 1. The van der Waals surface area contributed by atoms with Crippen molar-refractivity contribution in [3.8, 4) is 11.3 Å². The summed E-state index contributed by atoms with van der Waals surface area (Å²) in [6.45, 7) is 7.70. The lowest BCUT2D eigenvalue weighted by atomic mass is 10.0. The maximum Gasteiger partial charge on any atom is 0.125 e. The maximum absolute atomic E-state index is 13.7. The van der Waals surface area contributed by atoms with E-state index >= 15 is 0 Å². The highest BCUT2D eigenvalue weighted by molar-refractivity contribution is 5.83. The van der Waals surface area contributed by atoms with Crippen LogP contribution in [0.15, 0.2) is 48.5 Å². The summed E-state index contributed by atoms with van der Waals surface area (Å²) >= 11 is 0. The van der Waals surface area contributed by atoms with E-state index in [0.29, 0.717) is 5.52 Å². The molecule has 1 saturated heterocycles. The fraction of sp³-hybridized carbons (Fsp3) is 0.348. The number of rotatable bonds is 5. The summed E-state index contributed by atoms with van der Waals surface area (Å²) in [6.07, 6.45) is 0. The van der Waals surface area contributed by atoms with Gasteiger partial charge >= 0.3 is 0 Å². The average molecular weight is 379 g/mol. The highest BCUT2D eigenvalue weighted by Crippen LogP contribution is 2.28. The van der Waals surface area contributed by atoms with Gasteiger partial charge in [-0.1, -0.05) is 29.8 Å². The molecule has 1 aliphatic rings. The average Bonchev–Trinajstić information content (AvgIpc) is 2.70. The lowest BCUT2D eigenvalue weighted by Crippen LogP contribution is -2.46. The Morgan fingerprint density at radius 2 is 1.68 bits per heavy atom. The van der Waals surface area contributed by atoms with Crippen molar-refractivity contribution in [1.82, 2.24) is 14.8 Å². The zero-order chi connectivity index (χ0) is 19.5. The van der Waals surface area contributed by atoms with E-state index in [1.165, 1.54) is 23.3 Å². The molecule has 4 nitrogen and oxygen atoms in total. The zero-order valence-electron chi connectivity index (χ0n) is 16.2. The fourth-order valence-electron chi connectivity index (χ4n) is 3.82. The number of halogens is 1. The minimum Gasteiger partial charge on any atom is -0.395 e. The summed E-state index contributed by atoms with van der Waals surface area (Å²) in [4.78, 5) is 9.55. The number of benzene rings is 2. The Hall–Kier alpha value is -2.34. The molecule has 2 aromatic carbocycles. The number of aromatic nitrogens is 1. The molecule has 0 spiro atoms. The molecule has 1 aliphatic heterocycles. The third kappa shape index (κ3) is 4.22. The van der Waals surface area contributed by atoms with Crippen LogP contribution in [-0.2, 0) is 6.54 Å². The first kappa shape index (κ1) is 19.0. The lowest BCUT2D eigenvalue weighted by Gasteiger charge is -2.34. The van der Waals surface area contributed by atoms with Crippen molar-refractivity contribution in [3.63, 3.8) is 0 Å². The quantitative estimate of drug-likeness (QED) is 0.737. The SMILES string of the molecule is Cc1ccc(-c2nc3cc(F)ccc3cc2CN2CCN(CCO)CC2)cc1. The molecule has 2 heterocycles. The van der Waals surface area contributed by atoms with Crippen LogP contribution in [0.1, 0.15) is 11.1 Å². The number of hydrogen-bond donors (Lipinski definition) is 1. The Bertz CT molecular complexity index is 950. The monoisotopic (exact) mass is 379 g/mol. The van der Waals surface area contributed by atoms with Crippen LogP contribution >= 0.6 is 0 Å². The molecule has 0 atom stereocenters. The van der Waals surface area contributed by atoms with Gasteiger partial charge < -0.3 is 5.11 Å². The van der Waals surface area contributed by atoms with Crippen LogP contribution in [0.25, 0.3) is 22.2 Å². The molecule has 0 bridgehead atoms. The van der Waals surface area contributed by atoms with Gasteiger partial charge in [0.25, 0.3) is 0 Å². The molecule has 1 fully saturated rings. The summed E-state index contributed by atoms with van der Waals surface area (Å²) in [5, 5.41) is 10.1. The van der Waals surface area contributed by atoms with E-state index < -0.39 is 0 Å². The zero-order valence-corrected chi connectivity index (χ0v) is 16.2. The third-order valence-corrected chi connectivity index (χ3v) is 5.46. The summed E-state index contributed by atoms with van der Waals surface area (Å²) in [7, 11) is 0. The van der Waals surface area contributed by atoms with Crippen LogP contribution in [0.5, 0.6) is 0 Å². The second-order valence-corrected chi connectivity index (χ2v) is 7.54. The van der Waals surface area contributed by atoms with Gasteiger partial charge in [0.05, 0.1) is 17.8 Å². The van der Waals surface area contributed by atoms with E-state index in [4.69, 9.17) is 10.1 Å². The first-order valence-electron chi connectivity index (χ1n) is 9.84. The second-order valence-electron chi connectivity index (χ2n) is 7.54. The molecule has 0 amide bonds. The maximum atomic E-state index is 13.7.